The summed E-state index contributed by atoms with van der Waals surface area (Å²) in [7, 11) is 0. The number of rotatable bonds is 0. The van der Waals surface area contributed by atoms with Crippen LogP contribution in [0.2, 0.25) is 0 Å². The molecule has 1 aromatic heterocycles. The fourth-order valence-electron chi connectivity index (χ4n) is 1.10. The van der Waals surface area contributed by atoms with Crippen molar-refractivity contribution in [1.82, 2.24) is 9.55 Å². The van der Waals surface area contributed by atoms with Gasteiger partial charge in [-0.2, -0.15) is 0 Å². The van der Waals surface area contributed by atoms with E-state index in [2.05, 4.69) is 10.3 Å². The van der Waals surface area contributed by atoms with Crippen LogP contribution in [0.5, 0.6) is 0 Å². The first-order valence-electron chi connectivity index (χ1n) is 3.17. The first-order valence-corrected chi connectivity index (χ1v) is 3.58. The molecule has 2 heterocycles. The zero-order chi connectivity index (χ0) is 6.97. The molecule has 1 aliphatic heterocycles. The normalized spacial score (nSPS) is 14.4. The molecule has 0 aliphatic carbocycles. The van der Waals surface area contributed by atoms with Gasteiger partial charge in [0, 0.05) is 19.3 Å². The smallest absolute Gasteiger partial charge is 0.201 e. The average molecular weight is 153 g/mol. The van der Waals surface area contributed by atoms with Gasteiger partial charge in [0.1, 0.15) is 5.82 Å². The molecule has 3 nitrogen and oxygen atoms in total. The molecule has 0 spiro atoms. The highest BCUT2D eigenvalue weighted by Gasteiger charge is 2.06. The Balaban J connectivity index is 2.70. The Bertz CT molecular complexity index is 304. The summed E-state index contributed by atoms with van der Waals surface area (Å²) in [5, 5.41) is 3.20. The molecule has 0 saturated carbocycles. The fraction of sp³-hybridized carbons (Fsp3) is 0.333. The number of anilines is 1. The van der Waals surface area contributed by atoms with Crippen molar-refractivity contribution in [2.24, 2.45) is 0 Å². The molecule has 2 rings (SSSR count). The minimum Gasteiger partial charge on any atom is -0.370 e. The molecule has 1 aliphatic rings. The number of nitrogens with zero attached hydrogens (tertiary/aromatic N) is 2. The van der Waals surface area contributed by atoms with Crippen molar-refractivity contribution in [3.05, 3.63) is 17.0 Å². The van der Waals surface area contributed by atoms with E-state index in [4.69, 9.17) is 12.2 Å². The van der Waals surface area contributed by atoms with E-state index in [1.54, 1.807) is 6.20 Å². The third kappa shape index (κ3) is 0.724. The lowest BCUT2D eigenvalue weighted by atomic mass is 10.6. The van der Waals surface area contributed by atoms with Gasteiger partial charge in [-0.1, -0.05) is 0 Å². The van der Waals surface area contributed by atoms with Crippen molar-refractivity contribution < 1.29 is 0 Å². The highest BCUT2D eigenvalue weighted by molar-refractivity contribution is 7.71. The molecule has 10 heavy (non-hydrogen) atoms. The zero-order valence-corrected chi connectivity index (χ0v) is 6.19. The Morgan fingerprint density at radius 2 is 2.60 bits per heavy atom. The van der Waals surface area contributed by atoms with Gasteiger partial charge >= 0.3 is 0 Å². The summed E-state index contributed by atoms with van der Waals surface area (Å²) in [5.74, 6) is 1.08. The maximum atomic E-state index is 4.99. The summed E-state index contributed by atoms with van der Waals surface area (Å²) in [5.41, 5.74) is 0. The number of hydrogen-bond acceptors (Lipinski definition) is 3. The quantitative estimate of drug-likeness (QED) is 0.565. The van der Waals surface area contributed by atoms with Gasteiger partial charge in [0.2, 0.25) is 4.77 Å². The van der Waals surface area contributed by atoms with Crippen molar-refractivity contribution in [2.45, 2.75) is 6.54 Å². The largest absolute Gasteiger partial charge is 0.370 e. The Kier molecular flexibility index (Phi) is 1.20. The van der Waals surface area contributed by atoms with Gasteiger partial charge in [0.25, 0.3) is 0 Å². The van der Waals surface area contributed by atoms with E-state index >= 15 is 0 Å². The van der Waals surface area contributed by atoms with Crippen molar-refractivity contribution in [2.75, 3.05) is 11.9 Å². The summed E-state index contributed by atoms with van der Waals surface area (Å²) < 4.78 is 2.66. The van der Waals surface area contributed by atoms with Crippen LogP contribution < -0.4 is 5.32 Å². The maximum absolute atomic E-state index is 4.99. The van der Waals surface area contributed by atoms with Crippen LogP contribution in [0.1, 0.15) is 0 Å². The summed E-state index contributed by atoms with van der Waals surface area (Å²) >= 11 is 4.99. The molecule has 0 fully saturated rings. The van der Waals surface area contributed by atoms with E-state index in [9.17, 15) is 0 Å². The monoisotopic (exact) mass is 153 g/mol. The molecular weight excluding hydrogens is 146 g/mol. The number of fused-ring (bicyclic) bond motifs is 1. The summed E-state index contributed by atoms with van der Waals surface area (Å²) in [6, 6.07) is 1.93. The molecule has 1 N–H and O–H groups in total. The molecule has 0 aromatic carbocycles. The minimum absolute atomic E-state index is 0.669. The van der Waals surface area contributed by atoms with E-state index in [1.165, 1.54) is 0 Å². The van der Waals surface area contributed by atoms with Gasteiger partial charge < -0.3 is 9.88 Å². The number of nitrogens with one attached hydrogen (secondary N) is 1. The van der Waals surface area contributed by atoms with Gasteiger partial charge in [-0.05, 0) is 18.3 Å². The van der Waals surface area contributed by atoms with Crippen LogP contribution in [0.15, 0.2) is 12.3 Å². The van der Waals surface area contributed by atoms with E-state index in [1.807, 2.05) is 10.6 Å². The van der Waals surface area contributed by atoms with Crippen LogP contribution in [0, 0.1) is 4.77 Å². The van der Waals surface area contributed by atoms with Crippen LogP contribution in [0.3, 0.4) is 0 Å². The zero-order valence-electron chi connectivity index (χ0n) is 5.37. The van der Waals surface area contributed by atoms with E-state index < -0.39 is 0 Å². The third-order valence-corrected chi connectivity index (χ3v) is 1.91. The van der Waals surface area contributed by atoms with Crippen molar-refractivity contribution >= 4 is 18.0 Å². The minimum atomic E-state index is 0.669. The molecular formula is C6H7N3S. The number of aromatic nitrogens is 2. The van der Waals surface area contributed by atoms with E-state index in [-0.39, 0.29) is 0 Å². The van der Waals surface area contributed by atoms with Gasteiger partial charge in [-0.3, -0.25) is 0 Å². The lowest BCUT2D eigenvalue weighted by molar-refractivity contribution is 0.766. The van der Waals surface area contributed by atoms with Crippen molar-refractivity contribution in [1.29, 1.82) is 0 Å². The third-order valence-electron chi connectivity index (χ3n) is 1.58. The van der Waals surface area contributed by atoms with E-state index in [0.29, 0.717) is 4.77 Å². The van der Waals surface area contributed by atoms with Crippen LogP contribution in [-0.2, 0) is 6.54 Å². The second-order valence-electron chi connectivity index (χ2n) is 2.19. The molecule has 0 amide bonds. The Labute approximate surface area is 63.7 Å². The molecule has 52 valence electrons. The fourth-order valence-corrected chi connectivity index (χ4v) is 1.35. The van der Waals surface area contributed by atoms with Crippen LogP contribution in [0.4, 0.5) is 5.82 Å². The second kappa shape index (κ2) is 2.05. The van der Waals surface area contributed by atoms with Crippen LogP contribution in [0.25, 0.3) is 0 Å². The van der Waals surface area contributed by atoms with Gasteiger partial charge in [0.05, 0.1) is 0 Å². The van der Waals surface area contributed by atoms with Crippen molar-refractivity contribution in [3.8, 4) is 0 Å². The van der Waals surface area contributed by atoms with Crippen molar-refractivity contribution in [3.63, 3.8) is 0 Å². The second-order valence-corrected chi connectivity index (χ2v) is 2.56. The lowest BCUT2D eigenvalue weighted by Crippen LogP contribution is -1.96. The maximum Gasteiger partial charge on any atom is 0.201 e. The first kappa shape index (κ1) is 5.85. The predicted molar refractivity (Wildman–Crippen MR) is 41.6 cm³/mol. The molecule has 1 aromatic rings. The first-order chi connectivity index (χ1) is 4.88. The highest BCUT2D eigenvalue weighted by atomic mass is 32.1. The topological polar surface area (TPSA) is 29.9 Å². The number of hydrogen-bond donors (Lipinski definition) is 1. The summed E-state index contributed by atoms with van der Waals surface area (Å²) in [6.45, 7) is 1.91. The van der Waals surface area contributed by atoms with Gasteiger partial charge in [0.15, 0.2) is 0 Å². The molecule has 4 heteroatoms. The lowest BCUT2D eigenvalue weighted by Gasteiger charge is -1.98. The summed E-state index contributed by atoms with van der Waals surface area (Å²) in [4.78, 5) is 3.99. The SMILES string of the molecule is S=c1nccc2n1CCN2. The average Bonchev–Trinajstić information content (AvgIpc) is 2.36. The molecule has 0 saturated heterocycles. The van der Waals surface area contributed by atoms with E-state index in [0.717, 1.165) is 18.9 Å². The Morgan fingerprint density at radius 3 is 3.40 bits per heavy atom. The molecule has 0 unspecified atom stereocenters. The summed E-state index contributed by atoms with van der Waals surface area (Å²) in [6.07, 6.45) is 1.73. The standard InChI is InChI=1S/C6H7N3S/c10-6-8-2-1-5-7-3-4-9(5)6/h1-2,7H,3-4H2. The van der Waals surface area contributed by atoms with Crippen LogP contribution in [-0.4, -0.2) is 16.1 Å². The Hall–Kier alpha value is -0.900. The Morgan fingerprint density at radius 1 is 1.70 bits per heavy atom. The van der Waals surface area contributed by atoms with Gasteiger partial charge in [-0.25, -0.2) is 4.98 Å². The van der Waals surface area contributed by atoms with Crippen LogP contribution >= 0.6 is 12.2 Å². The molecule has 0 bridgehead atoms. The molecule has 0 radical (unpaired) electrons. The molecule has 0 atom stereocenters. The predicted octanol–water partition coefficient (Wildman–Crippen LogP) is 1.04. The van der Waals surface area contributed by atoms with Gasteiger partial charge in [-0.15, -0.1) is 0 Å². The highest BCUT2D eigenvalue weighted by Crippen LogP contribution is 2.11.